The van der Waals surface area contributed by atoms with Gasteiger partial charge in [-0.1, -0.05) is 12.1 Å². The number of ether oxygens (including phenoxy) is 1. The van der Waals surface area contributed by atoms with Crippen molar-refractivity contribution in [3.8, 4) is 11.5 Å². The molecule has 0 aliphatic carbocycles. The fraction of sp³-hybridized carbons (Fsp3) is 0.125. The summed E-state index contributed by atoms with van der Waals surface area (Å²) in [6.07, 6.45) is 0.313. The highest BCUT2D eigenvalue weighted by molar-refractivity contribution is 6.00. The number of hydrogen-bond acceptors (Lipinski definition) is 4. The summed E-state index contributed by atoms with van der Waals surface area (Å²) in [5.41, 5.74) is 0.364. The quantitative estimate of drug-likeness (QED) is 0.420. The zero-order chi connectivity index (χ0) is 22.7. The topological polar surface area (TPSA) is 64.1 Å². The summed E-state index contributed by atoms with van der Waals surface area (Å²) in [4.78, 5) is 20.9. The van der Waals surface area contributed by atoms with Gasteiger partial charge in [0.1, 0.15) is 11.5 Å². The molecule has 0 saturated carbocycles. The number of amides is 1. The summed E-state index contributed by atoms with van der Waals surface area (Å²) in [5.74, 6) is 0.492. The molecule has 3 aromatic carbocycles. The van der Waals surface area contributed by atoms with E-state index in [1.807, 2.05) is 13.0 Å². The first-order valence-corrected chi connectivity index (χ1v) is 9.76. The largest absolute Gasteiger partial charge is 0.457 e. The molecule has 0 spiro atoms. The molecule has 162 valence electrons. The normalized spacial score (nSPS) is 12.4. The van der Waals surface area contributed by atoms with E-state index in [9.17, 15) is 18.0 Å². The van der Waals surface area contributed by atoms with E-state index < -0.39 is 11.7 Å². The monoisotopic (exact) mass is 437 g/mol. The Morgan fingerprint density at radius 2 is 1.81 bits per heavy atom. The van der Waals surface area contributed by atoms with Crippen LogP contribution in [0.1, 0.15) is 34.6 Å². The van der Waals surface area contributed by atoms with Gasteiger partial charge in [0.2, 0.25) is 0 Å². The Morgan fingerprint density at radius 3 is 2.50 bits per heavy atom. The number of benzene rings is 3. The number of carbonyl (C=O) groups is 1. The summed E-state index contributed by atoms with van der Waals surface area (Å²) in [7, 11) is 0. The third-order valence-electron chi connectivity index (χ3n) is 4.89. The first-order chi connectivity index (χ1) is 15.3. The van der Waals surface area contributed by atoms with E-state index in [0.29, 0.717) is 17.0 Å². The van der Waals surface area contributed by atoms with Crippen LogP contribution >= 0.6 is 0 Å². The Kier molecular flexibility index (Phi) is 5.77. The van der Waals surface area contributed by atoms with Crippen LogP contribution in [0.4, 0.5) is 13.2 Å². The molecular weight excluding hydrogens is 419 g/mol. The molecule has 8 heteroatoms. The third kappa shape index (κ3) is 4.69. The van der Waals surface area contributed by atoms with Crippen molar-refractivity contribution in [2.45, 2.75) is 19.1 Å². The molecule has 1 amide bonds. The highest BCUT2D eigenvalue weighted by Gasteiger charge is 2.30. The van der Waals surface area contributed by atoms with Crippen molar-refractivity contribution in [1.82, 2.24) is 15.3 Å². The lowest BCUT2D eigenvalue weighted by Gasteiger charge is -2.14. The maximum Gasteiger partial charge on any atom is 0.416 e. The van der Waals surface area contributed by atoms with Crippen molar-refractivity contribution < 1.29 is 22.7 Å². The first-order valence-electron chi connectivity index (χ1n) is 9.76. The average molecular weight is 437 g/mol. The Labute approximate surface area is 181 Å². The number of nitrogens with one attached hydrogen (secondary N) is 1. The Morgan fingerprint density at radius 1 is 1.03 bits per heavy atom. The maximum atomic E-state index is 12.8. The van der Waals surface area contributed by atoms with Crippen molar-refractivity contribution in [2.24, 2.45) is 0 Å². The van der Waals surface area contributed by atoms with Crippen molar-refractivity contribution in [3.63, 3.8) is 0 Å². The van der Waals surface area contributed by atoms with Crippen LogP contribution in [0.15, 0.2) is 79.3 Å². The molecule has 1 unspecified atom stereocenters. The van der Waals surface area contributed by atoms with Gasteiger partial charge in [0.05, 0.1) is 23.5 Å². The Bertz CT molecular complexity index is 1240. The van der Waals surface area contributed by atoms with E-state index in [1.165, 1.54) is 12.1 Å². The van der Waals surface area contributed by atoms with Gasteiger partial charge in [-0.3, -0.25) is 14.8 Å². The molecule has 1 aromatic heterocycles. The second-order valence-corrected chi connectivity index (χ2v) is 7.14. The number of halogens is 3. The number of alkyl halides is 3. The second kappa shape index (κ2) is 8.66. The van der Waals surface area contributed by atoms with Crippen LogP contribution in [0.2, 0.25) is 0 Å². The number of aromatic nitrogens is 2. The molecule has 32 heavy (non-hydrogen) atoms. The van der Waals surface area contributed by atoms with Gasteiger partial charge in [-0.2, -0.15) is 13.2 Å². The molecule has 4 aromatic rings. The first kappa shape index (κ1) is 21.3. The van der Waals surface area contributed by atoms with Gasteiger partial charge in [0.25, 0.3) is 5.91 Å². The van der Waals surface area contributed by atoms with E-state index in [1.54, 1.807) is 48.9 Å². The lowest BCUT2D eigenvalue weighted by molar-refractivity contribution is -0.137. The van der Waals surface area contributed by atoms with Crippen LogP contribution < -0.4 is 10.1 Å². The van der Waals surface area contributed by atoms with Crippen molar-refractivity contribution in [2.75, 3.05) is 0 Å². The molecule has 1 N–H and O–H groups in total. The molecule has 4 rings (SSSR count). The van der Waals surface area contributed by atoms with Crippen molar-refractivity contribution in [3.05, 3.63) is 96.1 Å². The van der Waals surface area contributed by atoms with Crippen LogP contribution in [-0.2, 0) is 6.18 Å². The van der Waals surface area contributed by atoms with Crippen LogP contribution in [-0.4, -0.2) is 15.9 Å². The van der Waals surface area contributed by atoms with Gasteiger partial charge in [-0.05, 0) is 60.8 Å². The Hall–Kier alpha value is -3.94. The summed E-state index contributed by atoms with van der Waals surface area (Å²) in [5, 5.41) is 4.37. The molecule has 0 fully saturated rings. The lowest BCUT2D eigenvalue weighted by Crippen LogP contribution is -2.27. The molecule has 0 bridgehead atoms. The highest BCUT2D eigenvalue weighted by Crippen LogP contribution is 2.33. The standard InChI is InChI=1S/C24H18F3N3O2/c1-15(21-14-28-11-12-29-21)30-23(31)17-5-10-20-16(13-17)3-2-4-22(20)32-19-8-6-18(7-9-19)24(25,26)27/h2-15H,1H3,(H,30,31). The second-order valence-electron chi connectivity index (χ2n) is 7.14. The smallest absolute Gasteiger partial charge is 0.416 e. The van der Waals surface area contributed by atoms with Crippen LogP contribution in [0, 0.1) is 0 Å². The zero-order valence-electron chi connectivity index (χ0n) is 16.9. The van der Waals surface area contributed by atoms with E-state index in [0.717, 1.165) is 22.9 Å². The number of rotatable bonds is 5. The van der Waals surface area contributed by atoms with Gasteiger partial charge in [0.15, 0.2) is 0 Å². The van der Waals surface area contributed by atoms with E-state index >= 15 is 0 Å². The van der Waals surface area contributed by atoms with E-state index in [4.69, 9.17) is 4.74 Å². The van der Waals surface area contributed by atoms with Crippen molar-refractivity contribution >= 4 is 16.7 Å². The zero-order valence-corrected chi connectivity index (χ0v) is 16.9. The SMILES string of the molecule is CC(NC(=O)c1ccc2c(Oc3ccc(C(F)(F)F)cc3)cccc2c1)c1cnccn1. The summed E-state index contributed by atoms with van der Waals surface area (Å²) >= 11 is 0. The van der Waals surface area contributed by atoms with Gasteiger partial charge in [-0.25, -0.2) is 0 Å². The number of hydrogen-bond donors (Lipinski definition) is 1. The average Bonchev–Trinajstić information content (AvgIpc) is 2.79. The third-order valence-corrected chi connectivity index (χ3v) is 4.89. The lowest BCUT2D eigenvalue weighted by atomic mass is 10.1. The highest BCUT2D eigenvalue weighted by atomic mass is 19.4. The van der Waals surface area contributed by atoms with E-state index in [2.05, 4.69) is 15.3 Å². The van der Waals surface area contributed by atoms with Crippen LogP contribution in [0.25, 0.3) is 10.8 Å². The number of nitrogens with zero attached hydrogens (tertiary/aromatic N) is 2. The fourth-order valence-electron chi connectivity index (χ4n) is 3.21. The molecule has 1 heterocycles. The van der Waals surface area contributed by atoms with Gasteiger partial charge < -0.3 is 10.1 Å². The summed E-state index contributed by atoms with van der Waals surface area (Å²) < 4.78 is 44.1. The Balaban J connectivity index is 1.54. The van der Waals surface area contributed by atoms with Crippen LogP contribution in [0.3, 0.4) is 0 Å². The molecule has 0 aliphatic rings. The molecule has 1 atom stereocenters. The summed E-state index contributed by atoms with van der Waals surface area (Å²) in [6, 6.07) is 14.6. The fourth-order valence-corrected chi connectivity index (χ4v) is 3.21. The minimum atomic E-state index is -4.40. The number of carbonyl (C=O) groups excluding carboxylic acids is 1. The maximum absolute atomic E-state index is 12.8. The molecule has 0 saturated heterocycles. The molecule has 0 aliphatic heterocycles. The van der Waals surface area contributed by atoms with Gasteiger partial charge in [0, 0.05) is 23.3 Å². The van der Waals surface area contributed by atoms with Gasteiger partial charge >= 0.3 is 6.18 Å². The van der Waals surface area contributed by atoms with Gasteiger partial charge in [-0.15, -0.1) is 0 Å². The van der Waals surface area contributed by atoms with Crippen LogP contribution in [0.5, 0.6) is 11.5 Å². The molecule has 0 radical (unpaired) electrons. The predicted molar refractivity (Wildman–Crippen MR) is 113 cm³/mol. The minimum absolute atomic E-state index is 0.265. The predicted octanol–water partition coefficient (Wildman–Crippen LogP) is 5.93. The molecule has 5 nitrogen and oxygen atoms in total. The van der Waals surface area contributed by atoms with Crippen molar-refractivity contribution in [1.29, 1.82) is 0 Å². The summed E-state index contributed by atoms with van der Waals surface area (Å²) in [6.45, 7) is 1.82. The van der Waals surface area contributed by atoms with E-state index in [-0.39, 0.29) is 17.7 Å². The molecular formula is C24H18F3N3O2. The number of fused-ring (bicyclic) bond motifs is 1. The minimum Gasteiger partial charge on any atom is -0.457 e.